The minimum atomic E-state index is -2.63. The van der Waals surface area contributed by atoms with Gasteiger partial charge >= 0.3 is 6.03 Å². The van der Waals surface area contributed by atoms with Gasteiger partial charge in [-0.15, -0.1) is 0 Å². The lowest BCUT2D eigenvalue weighted by Crippen LogP contribution is -2.65. The highest BCUT2D eigenvalue weighted by Gasteiger charge is 2.64. The Morgan fingerprint density at radius 1 is 1.03 bits per heavy atom. The number of carbonyl (C=O) groups is 4. The van der Waals surface area contributed by atoms with Gasteiger partial charge in [0, 0.05) is 31.3 Å². The van der Waals surface area contributed by atoms with Crippen LogP contribution in [0.15, 0.2) is 29.0 Å². The number of aliphatic hydroxyl groups excluding tert-OH is 2. The second-order valence-corrected chi connectivity index (χ2v) is 9.72. The van der Waals surface area contributed by atoms with E-state index in [4.69, 9.17) is 10.5 Å². The normalized spacial score (nSPS) is 26.6. The van der Waals surface area contributed by atoms with Crippen LogP contribution in [-0.4, -0.2) is 88.7 Å². The van der Waals surface area contributed by atoms with Gasteiger partial charge in [-0.3, -0.25) is 19.3 Å². The number of Topliss-reactive ketones (excluding diaryl/α,β-unsaturated/α-hetero) is 2. The van der Waals surface area contributed by atoms with Crippen molar-refractivity contribution < 1.29 is 39.6 Å². The first-order chi connectivity index (χ1) is 17.1. The number of carbonyl (C=O) groups excluding carboxylic acids is 4. The Labute approximate surface area is 212 Å². The van der Waals surface area contributed by atoms with E-state index in [-0.39, 0.29) is 29.7 Å². The van der Waals surface area contributed by atoms with Crippen molar-refractivity contribution in [3.05, 3.63) is 40.2 Å². The SMILES string of the molecule is CN(C)c1ccc(O)c2c1C[C@H]1C[C@H]3[C@H](N(C)C)C(=O)C(C(N)=O)=C(O)[C@@]3(O)C(=O)C1=C2O.NC(N)=O. The Balaban J connectivity index is 0.000000886. The lowest BCUT2D eigenvalue weighted by atomic mass is 9.57. The fraction of sp³-hybridized carbons (Fsp3) is 0.417. The van der Waals surface area contributed by atoms with Gasteiger partial charge in [-0.1, -0.05) is 0 Å². The van der Waals surface area contributed by atoms with Crippen LogP contribution >= 0.6 is 0 Å². The molecule has 0 spiro atoms. The number of nitrogens with zero attached hydrogens (tertiary/aromatic N) is 2. The van der Waals surface area contributed by atoms with E-state index in [1.807, 2.05) is 19.0 Å². The molecular weight excluding hydrogens is 486 g/mol. The van der Waals surface area contributed by atoms with Gasteiger partial charge in [0.05, 0.1) is 11.6 Å². The zero-order chi connectivity index (χ0) is 28.1. The number of benzene rings is 1. The van der Waals surface area contributed by atoms with Gasteiger partial charge in [-0.25, -0.2) is 4.79 Å². The summed E-state index contributed by atoms with van der Waals surface area (Å²) in [5.41, 5.74) is 11.6. The van der Waals surface area contributed by atoms with E-state index < -0.39 is 64.1 Å². The number of nitrogens with two attached hydrogens (primary N) is 3. The standard InChI is InChI=1S/C23H27N3O7.CH4N2O/c1-25(2)12-5-6-13(27)15-10(12)7-9-8-11-17(26(3)4)19(29)16(22(24)32)21(31)23(11,33)20(30)14(9)18(15)28;2-1(3)4/h5-6,9,11,17,27-28,31,33H,7-8H2,1-4H3,(H2,24,32);(H4,2,3,4)/t9-,11-,17-,23-;/m0./s1. The summed E-state index contributed by atoms with van der Waals surface area (Å²) in [5.74, 6) is -6.54. The number of hydrogen-bond acceptors (Lipinski definition) is 10. The van der Waals surface area contributed by atoms with Crippen molar-refractivity contribution in [3.63, 3.8) is 0 Å². The molecule has 3 amide bonds. The fourth-order valence-electron chi connectivity index (χ4n) is 5.65. The average molecular weight is 518 g/mol. The average Bonchev–Trinajstić information content (AvgIpc) is 2.75. The van der Waals surface area contributed by atoms with E-state index in [0.29, 0.717) is 5.56 Å². The maximum atomic E-state index is 13.7. The summed E-state index contributed by atoms with van der Waals surface area (Å²) >= 11 is 0. The van der Waals surface area contributed by atoms with Crippen LogP contribution in [0.1, 0.15) is 17.5 Å². The van der Waals surface area contributed by atoms with Gasteiger partial charge in [0.15, 0.2) is 11.4 Å². The number of phenols is 1. The van der Waals surface area contributed by atoms with Crippen molar-refractivity contribution in [1.29, 1.82) is 0 Å². The van der Waals surface area contributed by atoms with Crippen LogP contribution in [0.5, 0.6) is 5.75 Å². The van der Waals surface area contributed by atoms with Gasteiger partial charge < -0.3 is 42.5 Å². The molecule has 1 aromatic carbocycles. The monoisotopic (exact) mass is 517 g/mol. The number of amides is 3. The highest BCUT2D eigenvalue weighted by molar-refractivity contribution is 6.24. The molecule has 13 nitrogen and oxygen atoms in total. The lowest BCUT2D eigenvalue weighted by molar-refractivity contribution is -0.153. The Kier molecular flexibility index (Phi) is 6.99. The van der Waals surface area contributed by atoms with E-state index in [1.54, 1.807) is 20.2 Å². The number of primary amides is 3. The van der Waals surface area contributed by atoms with E-state index in [1.165, 1.54) is 11.0 Å². The van der Waals surface area contributed by atoms with E-state index >= 15 is 0 Å². The number of anilines is 1. The molecule has 1 aromatic rings. The number of aliphatic hydroxyl groups is 3. The minimum absolute atomic E-state index is 0.0638. The minimum Gasteiger partial charge on any atom is -0.508 e. The molecule has 13 heteroatoms. The molecule has 0 aromatic heterocycles. The van der Waals surface area contributed by atoms with Crippen LogP contribution in [0.2, 0.25) is 0 Å². The van der Waals surface area contributed by atoms with Crippen molar-refractivity contribution in [2.24, 2.45) is 29.0 Å². The number of likely N-dealkylation sites (N-methyl/N-ethyl adjacent to an activating group) is 1. The number of ketones is 2. The first kappa shape index (κ1) is 27.5. The van der Waals surface area contributed by atoms with Gasteiger partial charge in [-0.05, 0) is 50.6 Å². The number of hydrogen-bond donors (Lipinski definition) is 7. The van der Waals surface area contributed by atoms with Crippen molar-refractivity contribution in [2.75, 3.05) is 33.1 Å². The van der Waals surface area contributed by atoms with Gasteiger partial charge in [0.25, 0.3) is 5.91 Å². The summed E-state index contributed by atoms with van der Waals surface area (Å²) in [6.45, 7) is 0. The summed E-state index contributed by atoms with van der Waals surface area (Å²) in [5, 5.41) is 43.9. The Morgan fingerprint density at radius 2 is 1.59 bits per heavy atom. The summed E-state index contributed by atoms with van der Waals surface area (Å²) in [6, 6.07) is 1.17. The van der Waals surface area contributed by atoms with Gasteiger partial charge in [-0.2, -0.15) is 0 Å². The number of fused-ring (bicyclic) bond motifs is 3. The molecular formula is C24H31N5O8. The molecule has 1 fully saturated rings. The molecule has 0 heterocycles. The molecule has 4 atom stereocenters. The number of phenolic OH excluding ortho intramolecular Hbond substituents is 1. The molecule has 0 bridgehead atoms. The third-order valence-electron chi connectivity index (χ3n) is 7.06. The molecule has 0 aliphatic heterocycles. The van der Waals surface area contributed by atoms with Crippen molar-refractivity contribution in [2.45, 2.75) is 24.5 Å². The van der Waals surface area contributed by atoms with E-state index in [0.717, 1.165) is 5.69 Å². The molecule has 0 saturated heterocycles. The predicted octanol–water partition coefficient (Wildman–Crippen LogP) is -0.946. The van der Waals surface area contributed by atoms with Crippen molar-refractivity contribution in [3.8, 4) is 5.75 Å². The largest absolute Gasteiger partial charge is 0.508 e. The molecule has 0 radical (unpaired) electrons. The molecule has 3 aliphatic rings. The summed E-state index contributed by atoms with van der Waals surface area (Å²) < 4.78 is 0. The fourth-order valence-corrected chi connectivity index (χ4v) is 5.65. The van der Waals surface area contributed by atoms with Gasteiger partial charge in [0.2, 0.25) is 5.78 Å². The number of rotatable bonds is 3. The van der Waals surface area contributed by atoms with Gasteiger partial charge in [0.1, 0.15) is 22.8 Å². The van der Waals surface area contributed by atoms with Crippen molar-refractivity contribution in [1.82, 2.24) is 4.90 Å². The third kappa shape index (κ3) is 4.15. The first-order valence-electron chi connectivity index (χ1n) is 11.3. The molecule has 10 N–H and O–H groups in total. The van der Waals surface area contributed by atoms with Crippen LogP contribution < -0.4 is 22.1 Å². The second kappa shape index (κ2) is 9.41. The smallest absolute Gasteiger partial charge is 0.309 e. The van der Waals surface area contributed by atoms with E-state index in [2.05, 4.69) is 11.5 Å². The Morgan fingerprint density at radius 3 is 2.08 bits per heavy atom. The zero-order valence-corrected chi connectivity index (χ0v) is 20.8. The topological polar surface area (TPSA) is 234 Å². The number of aromatic hydroxyl groups is 1. The molecule has 200 valence electrons. The van der Waals surface area contributed by atoms with Crippen LogP contribution in [-0.2, 0) is 20.8 Å². The summed E-state index contributed by atoms with van der Waals surface area (Å²) in [7, 11) is 6.75. The molecule has 37 heavy (non-hydrogen) atoms. The maximum absolute atomic E-state index is 13.7. The second-order valence-electron chi connectivity index (χ2n) is 9.72. The van der Waals surface area contributed by atoms with Crippen LogP contribution in [0, 0.1) is 11.8 Å². The third-order valence-corrected chi connectivity index (χ3v) is 7.06. The van der Waals surface area contributed by atoms with Crippen LogP contribution in [0.4, 0.5) is 10.5 Å². The quantitative estimate of drug-likeness (QED) is 0.243. The maximum Gasteiger partial charge on any atom is 0.309 e. The molecule has 1 saturated carbocycles. The highest BCUT2D eigenvalue weighted by atomic mass is 16.3. The molecule has 3 aliphatic carbocycles. The highest BCUT2D eigenvalue weighted by Crippen LogP contribution is 2.53. The Bertz CT molecular complexity index is 1260. The summed E-state index contributed by atoms with van der Waals surface area (Å²) in [6.07, 6.45) is 0.324. The molecule has 0 unspecified atom stereocenters. The summed E-state index contributed by atoms with van der Waals surface area (Å²) in [4.78, 5) is 51.0. The number of urea groups is 1. The zero-order valence-electron chi connectivity index (χ0n) is 20.8. The lowest BCUT2D eigenvalue weighted by Gasteiger charge is -2.50. The first-order valence-corrected chi connectivity index (χ1v) is 11.3. The van der Waals surface area contributed by atoms with Crippen LogP contribution in [0.3, 0.4) is 0 Å². The Hall–Kier alpha value is -4.10. The van der Waals surface area contributed by atoms with E-state index in [9.17, 15) is 34.8 Å². The molecule has 4 rings (SSSR count). The van der Waals surface area contributed by atoms with Crippen molar-refractivity contribution >= 4 is 35.0 Å². The predicted molar refractivity (Wildman–Crippen MR) is 132 cm³/mol. The van der Waals surface area contributed by atoms with Crippen LogP contribution in [0.25, 0.3) is 5.76 Å².